The van der Waals surface area contributed by atoms with Gasteiger partial charge in [-0.2, -0.15) is 10.5 Å². The van der Waals surface area contributed by atoms with E-state index in [-0.39, 0.29) is 23.6 Å². The van der Waals surface area contributed by atoms with Crippen LogP contribution in [0.1, 0.15) is 5.56 Å². The second-order valence-corrected chi connectivity index (χ2v) is 4.62. The molecule has 0 radical (unpaired) electrons. The summed E-state index contributed by atoms with van der Waals surface area (Å²) in [6.07, 6.45) is 0. The molecule has 0 saturated heterocycles. The molecule has 0 bridgehead atoms. The molecule has 0 heterocycles. The Kier molecular flexibility index (Phi) is 5.48. The Bertz CT molecular complexity index is 577. The summed E-state index contributed by atoms with van der Waals surface area (Å²) in [6, 6.07) is 5.88. The summed E-state index contributed by atoms with van der Waals surface area (Å²) in [5.41, 5.74) is -0.0925. The molecule has 98 valence electrons. The van der Waals surface area contributed by atoms with Crippen molar-refractivity contribution in [2.45, 2.75) is 6.04 Å². The van der Waals surface area contributed by atoms with Crippen molar-refractivity contribution in [3.05, 3.63) is 31.4 Å². The van der Waals surface area contributed by atoms with E-state index in [0.717, 1.165) is 6.07 Å². The van der Waals surface area contributed by atoms with Crippen LogP contribution in [-0.2, 0) is 0 Å². The summed E-state index contributed by atoms with van der Waals surface area (Å²) in [5, 5.41) is 31.2. The molecule has 1 atom stereocenters. The van der Waals surface area contributed by atoms with Gasteiger partial charge in [0.25, 0.3) is 0 Å². The van der Waals surface area contributed by atoms with Crippen molar-refractivity contribution in [1.82, 2.24) is 5.32 Å². The first-order chi connectivity index (χ1) is 9.03. The molecule has 8 heteroatoms. The molecular formula is C11H9IN4O3. The quantitative estimate of drug-likeness (QED) is 0.477. The number of nitro benzene ring substituents is 1. The molecule has 1 rings (SSSR count). The Morgan fingerprint density at radius 3 is 2.74 bits per heavy atom. The van der Waals surface area contributed by atoms with Crippen LogP contribution in [0.25, 0.3) is 0 Å². The van der Waals surface area contributed by atoms with Crippen molar-refractivity contribution in [2.24, 2.45) is 0 Å². The number of rotatable bonds is 5. The van der Waals surface area contributed by atoms with E-state index in [4.69, 9.17) is 15.3 Å². The fraction of sp³-hybridized carbons (Fsp3) is 0.273. The van der Waals surface area contributed by atoms with E-state index >= 15 is 0 Å². The van der Waals surface area contributed by atoms with E-state index < -0.39 is 11.0 Å². The van der Waals surface area contributed by atoms with Gasteiger partial charge in [-0.05, 0) is 35.7 Å². The molecular weight excluding hydrogens is 363 g/mol. The minimum absolute atomic E-state index is 0.0181. The maximum Gasteiger partial charge on any atom is 0.313 e. The highest BCUT2D eigenvalue weighted by Crippen LogP contribution is 2.33. The van der Waals surface area contributed by atoms with Crippen LogP contribution in [0.3, 0.4) is 0 Å². The smallest absolute Gasteiger partial charge is 0.313 e. The van der Waals surface area contributed by atoms with E-state index in [1.807, 2.05) is 34.7 Å². The number of nitrogens with one attached hydrogen (secondary N) is 1. The van der Waals surface area contributed by atoms with Crippen molar-refractivity contribution >= 4 is 28.3 Å². The predicted molar refractivity (Wildman–Crippen MR) is 74.5 cm³/mol. The van der Waals surface area contributed by atoms with Crippen molar-refractivity contribution in [1.29, 1.82) is 10.5 Å². The molecule has 0 aromatic heterocycles. The molecule has 0 aliphatic heterocycles. The Hall–Kier alpha value is -1.91. The van der Waals surface area contributed by atoms with Crippen molar-refractivity contribution < 1.29 is 9.66 Å². The Morgan fingerprint density at radius 1 is 1.58 bits per heavy atom. The van der Waals surface area contributed by atoms with Gasteiger partial charge >= 0.3 is 5.69 Å². The van der Waals surface area contributed by atoms with Gasteiger partial charge in [0.15, 0.2) is 0 Å². The summed E-state index contributed by atoms with van der Waals surface area (Å²) in [7, 11) is 1.59. The number of nitrogens with zero attached hydrogens (tertiary/aromatic N) is 3. The largest absolute Gasteiger partial charge is 0.483 e. The maximum atomic E-state index is 11.0. The SMILES string of the molecule is CNC(C#N)COc1c(I)cc(C#N)cc1[N+](=O)[O-]. The lowest BCUT2D eigenvalue weighted by Gasteiger charge is -2.11. The minimum Gasteiger partial charge on any atom is -0.483 e. The molecule has 1 N–H and O–H groups in total. The van der Waals surface area contributed by atoms with E-state index in [1.165, 1.54) is 6.07 Å². The lowest BCUT2D eigenvalue weighted by molar-refractivity contribution is -0.386. The van der Waals surface area contributed by atoms with Crippen molar-refractivity contribution in [3.8, 4) is 17.9 Å². The molecule has 0 amide bonds. The highest BCUT2D eigenvalue weighted by Gasteiger charge is 2.21. The van der Waals surface area contributed by atoms with Gasteiger partial charge in [-0.25, -0.2) is 0 Å². The highest BCUT2D eigenvalue weighted by molar-refractivity contribution is 14.1. The summed E-state index contributed by atoms with van der Waals surface area (Å²) in [4.78, 5) is 10.3. The highest BCUT2D eigenvalue weighted by atomic mass is 127. The van der Waals surface area contributed by atoms with Gasteiger partial charge in [0.1, 0.15) is 12.6 Å². The summed E-state index contributed by atoms with van der Waals surface area (Å²) < 4.78 is 5.78. The third kappa shape index (κ3) is 3.77. The summed E-state index contributed by atoms with van der Waals surface area (Å²) in [6.45, 7) is -0.0181. The first-order valence-electron chi connectivity index (χ1n) is 5.11. The van der Waals surface area contributed by atoms with Crippen LogP contribution in [0.15, 0.2) is 12.1 Å². The van der Waals surface area contributed by atoms with E-state index in [1.54, 1.807) is 7.05 Å². The molecule has 1 aromatic rings. The number of hydrogen-bond acceptors (Lipinski definition) is 6. The number of benzene rings is 1. The number of nitro groups is 1. The molecule has 0 aliphatic carbocycles. The molecule has 1 unspecified atom stereocenters. The van der Waals surface area contributed by atoms with Gasteiger partial charge in [0.05, 0.1) is 26.2 Å². The lowest BCUT2D eigenvalue weighted by atomic mass is 10.2. The molecule has 19 heavy (non-hydrogen) atoms. The Morgan fingerprint density at radius 2 is 2.26 bits per heavy atom. The Balaban J connectivity index is 3.10. The zero-order valence-corrected chi connectivity index (χ0v) is 12.0. The molecule has 1 aromatic carbocycles. The number of likely N-dealkylation sites (N-methyl/N-ethyl adjacent to an activating group) is 1. The van der Waals surface area contributed by atoms with Crippen LogP contribution >= 0.6 is 22.6 Å². The van der Waals surface area contributed by atoms with Gasteiger partial charge in [-0.3, -0.25) is 10.1 Å². The number of ether oxygens (including phenoxy) is 1. The summed E-state index contributed by atoms with van der Waals surface area (Å²) in [5.74, 6) is 0.0695. The molecule has 0 spiro atoms. The number of halogens is 1. The van der Waals surface area contributed by atoms with Crippen LogP contribution in [0.4, 0.5) is 5.69 Å². The Labute approximate surface area is 123 Å². The van der Waals surface area contributed by atoms with Crippen LogP contribution in [0.2, 0.25) is 0 Å². The first-order valence-corrected chi connectivity index (χ1v) is 6.19. The second kappa shape index (κ2) is 6.87. The van der Waals surface area contributed by atoms with Gasteiger partial charge < -0.3 is 10.1 Å². The molecule has 0 aliphatic rings. The van der Waals surface area contributed by atoms with E-state index in [9.17, 15) is 10.1 Å². The fourth-order valence-electron chi connectivity index (χ4n) is 1.27. The van der Waals surface area contributed by atoms with Gasteiger partial charge in [0, 0.05) is 6.07 Å². The zero-order chi connectivity index (χ0) is 14.4. The minimum atomic E-state index is -0.612. The van der Waals surface area contributed by atoms with E-state index in [2.05, 4.69) is 5.32 Å². The average molecular weight is 372 g/mol. The third-order valence-corrected chi connectivity index (χ3v) is 3.05. The fourth-order valence-corrected chi connectivity index (χ4v) is 2.04. The summed E-state index contributed by atoms with van der Waals surface area (Å²) >= 11 is 1.86. The maximum absolute atomic E-state index is 11.0. The molecule has 7 nitrogen and oxygen atoms in total. The lowest BCUT2D eigenvalue weighted by Crippen LogP contribution is -2.30. The molecule has 0 fully saturated rings. The first kappa shape index (κ1) is 15.1. The average Bonchev–Trinajstić information content (AvgIpc) is 2.40. The van der Waals surface area contributed by atoms with Crippen LogP contribution in [0.5, 0.6) is 5.75 Å². The normalized spacial score (nSPS) is 11.2. The van der Waals surface area contributed by atoms with Gasteiger partial charge in [-0.15, -0.1) is 0 Å². The monoisotopic (exact) mass is 372 g/mol. The van der Waals surface area contributed by atoms with Gasteiger partial charge in [-0.1, -0.05) is 0 Å². The van der Waals surface area contributed by atoms with Crippen LogP contribution < -0.4 is 10.1 Å². The van der Waals surface area contributed by atoms with Crippen LogP contribution in [0, 0.1) is 36.3 Å². The third-order valence-electron chi connectivity index (χ3n) is 2.25. The number of nitriles is 2. The van der Waals surface area contributed by atoms with E-state index in [0.29, 0.717) is 3.57 Å². The topological polar surface area (TPSA) is 112 Å². The van der Waals surface area contributed by atoms with Crippen LogP contribution in [-0.4, -0.2) is 24.6 Å². The standard InChI is InChI=1S/C11H9IN4O3/c1-15-8(5-14)6-19-11-9(12)2-7(4-13)3-10(11)16(17)18/h2-3,8,15H,6H2,1H3. The molecule has 0 saturated carbocycles. The van der Waals surface area contributed by atoms with Gasteiger partial charge in [0.2, 0.25) is 5.75 Å². The predicted octanol–water partition coefficient (Wildman–Crippen LogP) is 1.56. The number of hydrogen-bond donors (Lipinski definition) is 1. The van der Waals surface area contributed by atoms with Crippen molar-refractivity contribution in [3.63, 3.8) is 0 Å². The van der Waals surface area contributed by atoms with Crippen molar-refractivity contribution in [2.75, 3.05) is 13.7 Å². The second-order valence-electron chi connectivity index (χ2n) is 3.46. The zero-order valence-electron chi connectivity index (χ0n) is 9.88.